The van der Waals surface area contributed by atoms with Gasteiger partial charge in [0.05, 0.1) is 36.8 Å². The summed E-state index contributed by atoms with van der Waals surface area (Å²) in [5, 5.41) is 12.9. The first kappa shape index (κ1) is 24.2. The summed E-state index contributed by atoms with van der Waals surface area (Å²) in [5.74, 6) is 1.96. The fourth-order valence-electron chi connectivity index (χ4n) is 5.03. The van der Waals surface area contributed by atoms with Crippen LogP contribution in [-0.2, 0) is 4.74 Å². The predicted octanol–water partition coefficient (Wildman–Crippen LogP) is 2.64. The number of anilines is 1. The summed E-state index contributed by atoms with van der Waals surface area (Å²) in [5.41, 5.74) is 4.90. The van der Waals surface area contributed by atoms with Gasteiger partial charge in [0.15, 0.2) is 11.4 Å². The average molecular weight is 515 g/mol. The van der Waals surface area contributed by atoms with Crippen molar-refractivity contribution < 1.29 is 14.3 Å². The predicted molar refractivity (Wildman–Crippen MR) is 140 cm³/mol. The number of hydrogen-bond acceptors (Lipinski definition) is 9. The maximum atomic E-state index is 12.6. The highest BCUT2D eigenvalue weighted by Gasteiger charge is 2.26. The smallest absolute Gasteiger partial charge is 0.274 e. The van der Waals surface area contributed by atoms with Gasteiger partial charge in [-0.05, 0) is 45.0 Å². The number of fused-ring (bicyclic) bond motifs is 1. The second-order valence-corrected chi connectivity index (χ2v) is 9.71. The van der Waals surface area contributed by atoms with Crippen LogP contribution in [0.3, 0.4) is 0 Å². The van der Waals surface area contributed by atoms with Gasteiger partial charge in [-0.15, -0.1) is 15.3 Å². The van der Waals surface area contributed by atoms with E-state index in [0.29, 0.717) is 43.6 Å². The molecule has 3 aromatic heterocycles. The number of hydrogen-bond donors (Lipinski definition) is 0. The lowest BCUT2D eigenvalue weighted by atomic mass is 10.1. The van der Waals surface area contributed by atoms with Crippen LogP contribution in [0.4, 0.5) is 5.69 Å². The van der Waals surface area contributed by atoms with E-state index in [2.05, 4.69) is 42.3 Å². The molecule has 0 saturated carbocycles. The summed E-state index contributed by atoms with van der Waals surface area (Å²) in [7, 11) is 0. The van der Waals surface area contributed by atoms with Gasteiger partial charge in [-0.25, -0.2) is 4.98 Å². The van der Waals surface area contributed by atoms with Crippen molar-refractivity contribution in [3.05, 3.63) is 59.3 Å². The van der Waals surface area contributed by atoms with E-state index >= 15 is 0 Å². The molecular weight excluding hydrogens is 484 g/mol. The van der Waals surface area contributed by atoms with Crippen molar-refractivity contribution in [3.8, 4) is 17.0 Å². The Labute approximate surface area is 220 Å². The highest BCUT2D eigenvalue weighted by Crippen LogP contribution is 2.29. The second kappa shape index (κ2) is 9.97. The molecule has 1 atom stereocenters. The molecule has 0 N–H and O–H groups in total. The lowest BCUT2D eigenvalue weighted by Crippen LogP contribution is -2.41. The van der Waals surface area contributed by atoms with Crippen molar-refractivity contribution in [1.82, 2.24) is 34.7 Å². The number of morpholine rings is 1. The van der Waals surface area contributed by atoms with E-state index in [0.717, 1.165) is 53.6 Å². The Morgan fingerprint density at radius 1 is 0.974 bits per heavy atom. The third-order valence-corrected chi connectivity index (χ3v) is 7.08. The van der Waals surface area contributed by atoms with Gasteiger partial charge in [-0.1, -0.05) is 12.1 Å². The number of carbonyl (C=O) groups excluding carboxylic acids is 1. The largest absolute Gasteiger partial charge is 0.485 e. The SMILES string of the molecule is Cc1nc2nc(C)c(O[C@@H]3CCN(c4ccc(-c5ccc(C(=O)N6CCOCC6)nn5)cc4)C3)c(C)n2n1. The fraction of sp³-hybridized carbons (Fsp3) is 0.407. The molecule has 5 heterocycles. The topological polar surface area (TPSA) is 111 Å². The Morgan fingerprint density at radius 3 is 2.50 bits per heavy atom. The summed E-state index contributed by atoms with van der Waals surface area (Å²) in [6.45, 7) is 9.77. The number of amides is 1. The minimum Gasteiger partial charge on any atom is -0.485 e. The van der Waals surface area contributed by atoms with E-state index in [9.17, 15) is 4.79 Å². The first-order valence-electron chi connectivity index (χ1n) is 12.9. The molecule has 2 aliphatic rings. The van der Waals surface area contributed by atoms with Crippen molar-refractivity contribution in [1.29, 1.82) is 0 Å². The summed E-state index contributed by atoms with van der Waals surface area (Å²) < 4.78 is 13.5. The number of aryl methyl sites for hydroxylation is 3. The Hall–Kier alpha value is -4.12. The van der Waals surface area contributed by atoms with Crippen LogP contribution in [0.5, 0.6) is 5.75 Å². The van der Waals surface area contributed by atoms with Gasteiger partial charge in [-0.2, -0.15) is 9.50 Å². The number of rotatable bonds is 5. The van der Waals surface area contributed by atoms with Crippen LogP contribution >= 0.6 is 0 Å². The first-order chi connectivity index (χ1) is 18.5. The molecule has 196 valence electrons. The maximum absolute atomic E-state index is 12.6. The number of ether oxygens (including phenoxy) is 2. The third kappa shape index (κ3) is 4.65. The lowest BCUT2D eigenvalue weighted by molar-refractivity contribution is 0.0298. The van der Waals surface area contributed by atoms with E-state index in [1.807, 2.05) is 39.0 Å². The average Bonchev–Trinajstić information content (AvgIpc) is 3.57. The van der Waals surface area contributed by atoms with Gasteiger partial charge in [0, 0.05) is 37.3 Å². The summed E-state index contributed by atoms with van der Waals surface area (Å²) in [6, 6.07) is 11.9. The van der Waals surface area contributed by atoms with Gasteiger partial charge < -0.3 is 19.3 Å². The first-order valence-corrected chi connectivity index (χ1v) is 12.9. The molecule has 11 nitrogen and oxygen atoms in total. The van der Waals surface area contributed by atoms with Crippen molar-refractivity contribution in [2.75, 3.05) is 44.3 Å². The van der Waals surface area contributed by atoms with Crippen LogP contribution in [0, 0.1) is 20.8 Å². The van der Waals surface area contributed by atoms with E-state index in [1.54, 1.807) is 15.5 Å². The minimum atomic E-state index is -0.106. The number of nitrogens with zero attached hydrogens (tertiary/aromatic N) is 8. The standard InChI is InChI=1S/C27H30N8O3/c1-17-25(18(2)35-27(28-17)29-19(3)32-35)38-22-10-11-34(16-22)21-6-4-20(5-7-21)23-8-9-24(31-30-23)26(36)33-12-14-37-15-13-33/h4-9,22H,10-16H2,1-3H3/t22-/m1/s1. The van der Waals surface area contributed by atoms with Crippen LogP contribution in [-0.4, -0.2) is 86.1 Å². The number of benzene rings is 1. The molecule has 2 aliphatic heterocycles. The van der Waals surface area contributed by atoms with Crippen molar-refractivity contribution in [2.24, 2.45) is 0 Å². The van der Waals surface area contributed by atoms with Gasteiger partial charge in [0.25, 0.3) is 11.7 Å². The molecular formula is C27H30N8O3. The Balaban J connectivity index is 1.10. The zero-order valence-corrected chi connectivity index (χ0v) is 21.8. The summed E-state index contributed by atoms with van der Waals surface area (Å²) >= 11 is 0. The van der Waals surface area contributed by atoms with E-state index in [4.69, 9.17) is 9.47 Å². The lowest BCUT2D eigenvalue weighted by Gasteiger charge is -2.26. The highest BCUT2D eigenvalue weighted by atomic mass is 16.5. The summed E-state index contributed by atoms with van der Waals surface area (Å²) in [6.07, 6.45) is 0.970. The molecule has 0 bridgehead atoms. The van der Waals surface area contributed by atoms with E-state index in [1.165, 1.54) is 0 Å². The molecule has 6 rings (SSSR count). The molecule has 4 aromatic rings. The second-order valence-electron chi connectivity index (χ2n) is 9.71. The molecule has 1 aromatic carbocycles. The monoisotopic (exact) mass is 514 g/mol. The maximum Gasteiger partial charge on any atom is 0.274 e. The number of aromatic nitrogens is 6. The minimum absolute atomic E-state index is 0.0540. The zero-order valence-electron chi connectivity index (χ0n) is 21.8. The van der Waals surface area contributed by atoms with Crippen LogP contribution in [0.15, 0.2) is 36.4 Å². The Morgan fingerprint density at radius 2 is 1.76 bits per heavy atom. The molecule has 0 aliphatic carbocycles. The highest BCUT2D eigenvalue weighted by molar-refractivity contribution is 5.92. The summed E-state index contributed by atoms with van der Waals surface area (Å²) in [4.78, 5) is 25.6. The van der Waals surface area contributed by atoms with Crippen molar-refractivity contribution in [3.63, 3.8) is 0 Å². The van der Waals surface area contributed by atoms with E-state index in [-0.39, 0.29) is 12.0 Å². The van der Waals surface area contributed by atoms with Crippen LogP contribution in [0.1, 0.15) is 34.1 Å². The van der Waals surface area contributed by atoms with Crippen LogP contribution in [0.25, 0.3) is 17.0 Å². The fourth-order valence-corrected chi connectivity index (χ4v) is 5.03. The van der Waals surface area contributed by atoms with Gasteiger partial charge in [-0.3, -0.25) is 4.79 Å². The molecule has 38 heavy (non-hydrogen) atoms. The Bertz CT molecular complexity index is 1460. The van der Waals surface area contributed by atoms with Crippen molar-refractivity contribution in [2.45, 2.75) is 33.3 Å². The molecule has 11 heteroatoms. The van der Waals surface area contributed by atoms with Crippen LogP contribution in [0.2, 0.25) is 0 Å². The van der Waals surface area contributed by atoms with Gasteiger partial charge in [0.1, 0.15) is 11.9 Å². The number of carbonyl (C=O) groups is 1. The molecule has 2 fully saturated rings. The van der Waals surface area contributed by atoms with E-state index < -0.39 is 0 Å². The molecule has 2 saturated heterocycles. The van der Waals surface area contributed by atoms with Crippen LogP contribution < -0.4 is 9.64 Å². The third-order valence-electron chi connectivity index (χ3n) is 7.08. The zero-order chi connectivity index (χ0) is 26.2. The molecule has 0 unspecified atom stereocenters. The van der Waals surface area contributed by atoms with Gasteiger partial charge in [0.2, 0.25) is 0 Å². The van der Waals surface area contributed by atoms with Crippen molar-refractivity contribution >= 4 is 17.4 Å². The van der Waals surface area contributed by atoms with Gasteiger partial charge >= 0.3 is 0 Å². The molecule has 0 spiro atoms. The Kier molecular flexibility index (Phi) is 6.36. The molecule has 1 amide bonds. The molecule has 0 radical (unpaired) electrons. The normalized spacial score (nSPS) is 17.8. The quantitative estimate of drug-likeness (QED) is 0.397.